The van der Waals surface area contributed by atoms with Gasteiger partial charge in [-0.25, -0.2) is 8.78 Å². The summed E-state index contributed by atoms with van der Waals surface area (Å²) in [5.41, 5.74) is -0.208. The van der Waals surface area contributed by atoms with Gasteiger partial charge in [0.25, 0.3) is 12.2 Å². The van der Waals surface area contributed by atoms with Crippen molar-refractivity contribution in [2.24, 2.45) is 0 Å². The van der Waals surface area contributed by atoms with Gasteiger partial charge in [-0.3, -0.25) is 0 Å². The van der Waals surface area contributed by atoms with Crippen LogP contribution in [0.15, 0.2) is 30.3 Å². The summed E-state index contributed by atoms with van der Waals surface area (Å²) in [6.07, 6.45) is -3.21. The van der Waals surface area contributed by atoms with Gasteiger partial charge in [-0.05, 0) is 0 Å². The van der Waals surface area contributed by atoms with Gasteiger partial charge in [0.2, 0.25) is 0 Å². The monoisotopic (exact) mass is 174 g/mol. The lowest BCUT2D eigenvalue weighted by molar-refractivity contribution is -0.248. The maximum atomic E-state index is 12.0. The van der Waals surface area contributed by atoms with E-state index < -0.39 is 12.2 Å². The lowest BCUT2D eigenvalue weighted by Crippen LogP contribution is -2.33. The summed E-state index contributed by atoms with van der Waals surface area (Å²) in [6.45, 7) is 0. The molecule has 0 saturated heterocycles. The van der Waals surface area contributed by atoms with Crippen LogP contribution in [0.25, 0.3) is 0 Å². The van der Waals surface area contributed by atoms with Crippen LogP contribution in [0.1, 0.15) is 5.56 Å². The van der Waals surface area contributed by atoms with E-state index >= 15 is 0 Å². The van der Waals surface area contributed by atoms with Crippen LogP contribution in [0.3, 0.4) is 0 Å². The third kappa shape index (κ3) is 1.60. The lowest BCUT2D eigenvalue weighted by atomic mass is 10.1. The molecule has 0 aromatic heterocycles. The van der Waals surface area contributed by atoms with Gasteiger partial charge in [0.1, 0.15) is 0 Å². The molecule has 0 aliphatic carbocycles. The van der Waals surface area contributed by atoms with Crippen molar-refractivity contribution in [2.45, 2.75) is 12.2 Å². The SMILES string of the molecule is OC(O)(c1ccccc1)C(F)F. The summed E-state index contributed by atoms with van der Waals surface area (Å²) < 4.78 is 24.0. The van der Waals surface area contributed by atoms with E-state index in [1.54, 1.807) is 6.07 Å². The van der Waals surface area contributed by atoms with Gasteiger partial charge in [0, 0.05) is 5.56 Å². The van der Waals surface area contributed by atoms with Gasteiger partial charge in [-0.15, -0.1) is 0 Å². The van der Waals surface area contributed by atoms with Crippen LogP contribution in [0, 0.1) is 0 Å². The molecule has 2 nitrogen and oxygen atoms in total. The van der Waals surface area contributed by atoms with E-state index in [1.807, 2.05) is 0 Å². The predicted molar refractivity (Wildman–Crippen MR) is 38.6 cm³/mol. The summed E-state index contributed by atoms with van der Waals surface area (Å²) in [4.78, 5) is 0. The molecule has 0 unspecified atom stereocenters. The zero-order valence-corrected chi connectivity index (χ0v) is 6.11. The fourth-order valence-corrected chi connectivity index (χ4v) is 0.809. The van der Waals surface area contributed by atoms with Crippen LogP contribution in [-0.4, -0.2) is 16.6 Å². The van der Waals surface area contributed by atoms with Crippen molar-refractivity contribution in [1.82, 2.24) is 0 Å². The lowest BCUT2D eigenvalue weighted by Gasteiger charge is -2.20. The Labute approximate surface area is 68.1 Å². The first kappa shape index (κ1) is 9.09. The summed E-state index contributed by atoms with van der Waals surface area (Å²) in [7, 11) is 0. The predicted octanol–water partition coefficient (Wildman–Crippen LogP) is 1.09. The highest BCUT2D eigenvalue weighted by Crippen LogP contribution is 2.24. The van der Waals surface area contributed by atoms with Gasteiger partial charge in [-0.2, -0.15) is 0 Å². The van der Waals surface area contributed by atoms with Crippen molar-refractivity contribution in [3.8, 4) is 0 Å². The Hall–Kier alpha value is -1.00. The van der Waals surface area contributed by atoms with Gasteiger partial charge < -0.3 is 10.2 Å². The Bertz CT molecular complexity index is 246. The van der Waals surface area contributed by atoms with Crippen LogP contribution in [0.2, 0.25) is 0 Å². The fourth-order valence-electron chi connectivity index (χ4n) is 0.809. The number of aliphatic hydroxyl groups is 2. The first-order valence-electron chi connectivity index (χ1n) is 3.33. The molecule has 4 heteroatoms. The molecule has 1 rings (SSSR count). The Morgan fingerprint density at radius 3 is 2.00 bits per heavy atom. The smallest absolute Gasteiger partial charge is 0.295 e. The average Bonchev–Trinajstić information content (AvgIpc) is 2.06. The number of hydrogen-bond acceptors (Lipinski definition) is 2. The molecule has 2 N–H and O–H groups in total. The second-order valence-electron chi connectivity index (χ2n) is 2.39. The Morgan fingerprint density at radius 1 is 1.08 bits per heavy atom. The van der Waals surface area contributed by atoms with E-state index in [9.17, 15) is 8.78 Å². The topological polar surface area (TPSA) is 40.5 Å². The molecule has 0 fully saturated rings. The van der Waals surface area contributed by atoms with Gasteiger partial charge in [-0.1, -0.05) is 30.3 Å². The van der Waals surface area contributed by atoms with Crippen LogP contribution in [0.4, 0.5) is 8.78 Å². The van der Waals surface area contributed by atoms with Gasteiger partial charge >= 0.3 is 0 Å². The van der Waals surface area contributed by atoms with E-state index in [2.05, 4.69) is 0 Å². The molecular weight excluding hydrogens is 166 g/mol. The molecule has 1 aromatic rings. The highest BCUT2D eigenvalue weighted by atomic mass is 19.3. The third-order valence-corrected chi connectivity index (χ3v) is 1.50. The quantitative estimate of drug-likeness (QED) is 0.659. The largest absolute Gasteiger partial charge is 0.358 e. The number of rotatable bonds is 2. The Balaban J connectivity index is 2.98. The van der Waals surface area contributed by atoms with Crippen molar-refractivity contribution < 1.29 is 19.0 Å². The van der Waals surface area contributed by atoms with E-state index in [4.69, 9.17) is 10.2 Å². The standard InChI is InChI=1S/C8H8F2O2/c9-7(10)8(11,12)6-4-2-1-3-5-6/h1-5,7,11-12H. The van der Waals surface area contributed by atoms with Crippen molar-refractivity contribution in [2.75, 3.05) is 0 Å². The van der Waals surface area contributed by atoms with Crippen molar-refractivity contribution in [1.29, 1.82) is 0 Å². The first-order valence-corrected chi connectivity index (χ1v) is 3.33. The Kier molecular flexibility index (Phi) is 2.40. The van der Waals surface area contributed by atoms with E-state index in [0.717, 1.165) is 0 Å². The van der Waals surface area contributed by atoms with Crippen molar-refractivity contribution in [3.05, 3.63) is 35.9 Å². The van der Waals surface area contributed by atoms with E-state index in [0.29, 0.717) is 0 Å². The molecule has 0 bridgehead atoms. The molecule has 0 heterocycles. The number of alkyl halides is 2. The molecule has 0 saturated carbocycles. The molecule has 0 atom stereocenters. The van der Waals surface area contributed by atoms with Crippen LogP contribution in [0.5, 0.6) is 0 Å². The molecule has 12 heavy (non-hydrogen) atoms. The molecule has 0 spiro atoms. The van der Waals surface area contributed by atoms with Crippen LogP contribution < -0.4 is 0 Å². The van der Waals surface area contributed by atoms with Crippen LogP contribution in [-0.2, 0) is 5.79 Å². The zero-order valence-electron chi connectivity index (χ0n) is 6.11. The van der Waals surface area contributed by atoms with E-state index in [-0.39, 0.29) is 5.56 Å². The number of halogens is 2. The van der Waals surface area contributed by atoms with Crippen LogP contribution >= 0.6 is 0 Å². The zero-order chi connectivity index (χ0) is 9.19. The van der Waals surface area contributed by atoms with Crippen molar-refractivity contribution >= 4 is 0 Å². The van der Waals surface area contributed by atoms with E-state index in [1.165, 1.54) is 24.3 Å². The summed E-state index contributed by atoms with van der Waals surface area (Å²) >= 11 is 0. The summed E-state index contributed by atoms with van der Waals surface area (Å²) in [5, 5.41) is 17.7. The minimum absolute atomic E-state index is 0.208. The normalized spacial score (nSPS) is 12.1. The molecule has 1 aromatic carbocycles. The summed E-state index contributed by atoms with van der Waals surface area (Å²) in [5.74, 6) is -3.04. The maximum absolute atomic E-state index is 12.0. The summed E-state index contributed by atoms with van der Waals surface area (Å²) in [6, 6.07) is 6.97. The molecule has 0 radical (unpaired) electrons. The second-order valence-corrected chi connectivity index (χ2v) is 2.39. The van der Waals surface area contributed by atoms with Gasteiger partial charge in [0.15, 0.2) is 0 Å². The number of hydrogen-bond donors (Lipinski definition) is 2. The molecular formula is C8H8F2O2. The second kappa shape index (κ2) is 3.16. The maximum Gasteiger partial charge on any atom is 0.295 e. The average molecular weight is 174 g/mol. The van der Waals surface area contributed by atoms with Gasteiger partial charge in [0.05, 0.1) is 0 Å². The molecule has 66 valence electrons. The highest BCUT2D eigenvalue weighted by molar-refractivity contribution is 5.19. The minimum Gasteiger partial charge on any atom is -0.358 e. The third-order valence-electron chi connectivity index (χ3n) is 1.50. The number of benzene rings is 1. The van der Waals surface area contributed by atoms with Crippen molar-refractivity contribution in [3.63, 3.8) is 0 Å². The fraction of sp³-hybridized carbons (Fsp3) is 0.250. The highest BCUT2D eigenvalue weighted by Gasteiger charge is 2.36. The molecule has 0 aliphatic rings. The first-order chi connectivity index (χ1) is 5.55. The Morgan fingerprint density at radius 2 is 1.58 bits per heavy atom. The molecule has 0 amide bonds. The minimum atomic E-state index is -3.21. The molecule has 0 aliphatic heterocycles.